The van der Waals surface area contributed by atoms with Gasteiger partial charge in [0.25, 0.3) is 0 Å². The van der Waals surface area contributed by atoms with E-state index in [4.69, 9.17) is 4.74 Å². The highest BCUT2D eigenvalue weighted by molar-refractivity contribution is 5.76. The highest BCUT2D eigenvalue weighted by Crippen LogP contribution is 2.16. The van der Waals surface area contributed by atoms with Crippen molar-refractivity contribution < 1.29 is 24.5 Å². The van der Waals surface area contributed by atoms with Crippen LogP contribution < -0.4 is 5.32 Å². The van der Waals surface area contributed by atoms with Crippen molar-refractivity contribution in [2.24, 2.45) is 0 Å². The Kier molecular flexibility index (Phi) is 45.2. The van der Waals surface area contributed by atoms with Crippen LogP contribution in [0.15, 0.2) is 36.5 Å². The Morgan fingerprint density at radius 3 is 1.44 bits per heavy atom. The quantitative estimate of drug-likeness (QED) is 0.0324. The molecule has 2 unspecified atom stereocenters. The SMILES string of the molecule is CCCC/C=C\CCCCCCCC(=O)OCCCCCCCC/C=C\C/C=C\CCC(=O)NC(CO)C(O)CCCCCCCCCCCCCCCCCC. The van der Waals surface area contributed by atoms with Gasteiger partial charge in [0.05, 0.1) is 25.4 Å². The van der Waals surface area contributed by atoms with E-state index in [-0.39, 0.29) is 18.5 Å². The Morgan fingerprint density at radius 2 is 0.912 bits per heavy atom. The van der Waals surface area contributed by atoms with Crippen LogP contribution in [0, 0.1) is 0 Å². The van der Waals surface area contributed by atoms with Gasteiger partial charge in [0.2, 0.25) is 5.91 Å². The maximum Gasteiger partial charge on any atom is 0.305 e. The summed E-state index contributed by atoms with van der Waals surface area (Å²) in [5.41, 5.74) is 0. The first-order valence-corrected chi connectivity index (χ1v) is 24.7. The van der Waals surface area contributed by atoms with Gasteiger partial charge in [-0.3, -0.25) is 9.59 Å². The lowest BCUT2D eigenvalue weighted by Gasteiger charge is -2.22. The molecular formula is C51H95NO5. The number of hydrogen-bond acceptors (Lipinski definition) is 5. The van der Waals surface area contributed by atoms with Gasteiger partial charge in [-0.05, 0) is 64.2 Å². The average Bonchev–Trinajstić information content (AvgIpc) is 3.21. The Balaban J connectivity index is 3.58. The van der Waals surface area contributed by atoms with Crippen molar-refractivity contribution in [3.05, 3.63) is 36.5 Å². The molecule has 0 aromatic carbocycles. The predicted octanol–water partition coefficient (Wildman–Crippen LogP) is 14.5. The molecule has 0 aromatic rings. The zero-order chi connectivity index (χ0) is 41.5. The standard InChI is InChI=1S/C51H95NO5/c1-3-5-7-9-11-13-15-16-17-18-20-24-27-31-35-39-43-49(54)48(47-53)52-50(55)44-40-36-32-28-25-21-19-22-26-30-34-38-42-46-57-51(56)45-41-37-33-29-23-14-12-10-8-6-4-2/h10,12,21,25,32,36,48-49,53-54H,3-9,11,13-20,22-24,26-31,33-35,37-47H2,1-2H3,(H,52,55)/b12-10-,25-21-,36-32-. The van der Waals surface area contributed by atoms with E-state index in [2.05, 4.69) is 49.5 Å². The predicted molar refractivity (Wildman–Crippen MR) is 246 cm³/mol. The second-order valence-electron chi connectivity index (χ2n) is 16.8. The van der Waals surface area contributed by atoms with E-state index in [1.807, 2.05) is 6.08 Å². The van der Waals surface area contributed by atoms with Gasteiger partial charge in [-0.15, -0.1) is 0 Å². The molecule has 2 atom stereocenters. The number of unbranched alkanes of at least 4 members (excludes halogenated alkanes) is 28. The molecule has 6 nitrogen and oxygen atoms in total. The Bertz CT molecular complexity index is 931. The summed E-state index contributed by atoms with van der Waals surface area (Å²) in [7, 11) is 0. The number of esters is 1. The molecule has 0 radical (unpaired) electrons. The Hall–Kier alpha value is -1.92. The van der Waals surface area contributed by atoms with Crippen LogP contribution in [-0.4, -0.2) is 47.4 Å². The van der Waals surface area contributed by atoms with Crippen molar-refractivity contribution in [2.75, 3.05) is 13.2 Å². The summed E-state index contributed by atoms with van der Waals surface area (Å²) in [6, 6.07) is -0.585. The van der Waals surface area contributed by atoms with E-state index in [1.165, 1.54) is 161 Å². The minimum atomic E-state index is -0.699. The summed E-state index contributed by atoms with van der Waals surface area (Å²) in [4.78, 5) is 24.4. The number of nitrogens with one attached hydrogen (secondary N) is 1. The largest absolute Gasteiger partial charge is 0.466 e. The van der Waals surface area contributed by atoms with Crippen LogP contribution in [0.5, 0.6) is 0 Å². The Labute approximate surface area is 353 Å². The number of aliphatic hydroxyl groups is 2. The van der Waals surface area contributed by atoms with Crippen molar-refractivity contribution in [3.8, 4) is 0 Å². The molecule has 0 aromatic heterocycles. The van der Waals surface area contributed by atoms with Crippen molar-refractivity contribution >= 4 is 11.9 Å². The molecule has 0 aliphatic heterocycles. The zero-order valence-electron chi connectivity index (χ0n) is 37.8. The number of carbonyl (C=O) groups excluding carboxylic acids is 2. The molecule has 0 bridgehead atoms. The van der Waals surface area contributed by atoms with Crippen LogP contribution in [0.2, 0.25) is 0 Å². The van der Waals surface area contributed by atoms with Gasteiger partial charge < -0.3 is 20.3 Å². The topological polar surface area (TPSA) is 95.9 Å². The number of allylic oxidation sites excluding steroid dienone is 6. The van der Waals surface area contributed by atoms with E-state index < -0.39 is 12.1 Å². The van der Waals surface area contributed by atoms with E-state index in [1.54, 1.807) is 0 Å². The van der Waals surface area contributed by atoms with Gasteiger partial charge >= 0.3 is 5.97 Å². The molecule has 0 saturated heterocycles. The monoisotopic (exact) mass is 802 g/mol. The van der Waals surface area contributed by atoms with Crippen LogP contribution in [0.3, 0.4) is 0 Å². The molecule has 334 valence electrons. The third kappa shape index (κ3) is 43.5. The molecule has 0 aliphatic carbocycles. The van der Waals surface area contributed by atoms with E-state index in [9.17, 15) is 19.8 Å². The minimum absolute atomic E-state index is 0.0286. The normalized spacial score (nSPS) is 13.0. The molecule has 0 heterocycles. The maximum absolute atomic E-state index is 12.4. The summed E-state index contributed by atoms with van der Waals surface area (Å²) >= 11 is 0. The molecule has 3 N–H and O–H groups in total. The van der Waals surface area contributed by atoms with Crippen LogP contribution >= 0.6 is 0 Å². The molecular weight excluding hydrogens is 707 g/mol. The summed E-state index contributed by atoms with van der Waals surface area (Å²) in [5.74, 6) is -0.145. The molecule has 0 rings (SSSR count). The molecule has 1 amide bonds. The fourth-order valence-corrected chi connectivity index (χ4v) is 7.32. The average molecular weight is 802 g/mol. The van der Waals surface area contributed by atoms with Crippen LogP contribution in [-0.2, 0) is 14.3 Å². The van der Waals surface area contributed by atoms with E-state index >= 15 is 0 Å². The molecule has 6 heteroatoms. The highest BCUT2D eigenvalue weighted by atomic mass is 16.5. The molecule has 0 saturated carbocycles. The van der Waals surface area contributed by atoms with Crippen LogP contribution in [0.1, 0.15) is 251 Å². The maximum atomic E-state index is 12.4. The minimum Gasteiger partial charge on any atom is -0.466 e. The summed E-state index contributed by atoms with van der Waals surface area (Å²) in [6.07, 6.45) is 55.5. The number of carbonyl (C=O) groups is 2. The number of aliphatic hydroxyl groups excluding tert-OH is 2. The smallest absolute Gasteiger partial charge is 0.305 e. The number of hydrogen-bond donors (Lipinski definition) is 3. The summed E-state index contributed by atoms with van der Waals surface area (Å²) in [6.45, 7) is 4.84. The van der Waals surface area contributed by atoms with Crippen molar-refractivity contribution in [2.45, 2.75) is 264 Å². The third-order valence-corrected chi connectivity index (χ3v) is 11.2. The van der Waals surface area contributed by atoms with Gasteiger partial charge in [-0.2, -0.15) is 0 Å². The molecule has 0 aliphatic rings. The van der Waals surface area contributed by atoms with Gasteiger partial charge in [-0.1, -0.05) is 211 Å². The van der Waals surface area contributed by atoms with Crippen molar-refractivity contribution in [1.82, 2.24) is 5.32 Å². The fourth-order valence-electron chi connectivity index (χ4n) is 7.32. The lowest BCUT2D eigenvalue weighted by atomic mass is 10.0. The van der Waals surface area contributed by atoms with Gasteiger partial charge in [0, 0.05) is 12.8 Å². The second-order valence-corrected chi connectivity index (χ2v) is 16.8. The summed E-state index contributed by atoms with van der Waals surface area (Å²) in [5, 5.41) is 23.1. The first-order chi connectivity index (χ1) is 28.0. The number of rotatable bonds is 45. The lowest BCUT2D eigenvalue weighted by Crippen LogP contribution is -2.45. The highest BCUT2D eigenvalue weighted by Gasteiger charge is 2.19. The molecule has 0 spiro atoms. The lowest BCUT2D eigenvalue weighted by molar-refractivity contribution is -0.143. The molecule has 57 heavy (non-hydrogen) atoms. The first-order valence-electron chi connectivity index (χ1n) is 24.7. The number of amides is 1. The van der Waals surface area contributed by atoms with Crippen LogP contribution in [0.25, 0.3) is 0 Å². The van der Waals surface area contributed by atoms with Crippen LogP contribution in [0.4, 0.5) is 0 Å². The van der Waals surface area contributed by atoms with Gasteiger partial charge in [0.1, 0.15) is 0 Å². The van der Waals surface area contributed by atoms with E-state index in [0.29, 0.717) is 32.3 Å². The third-order valence-electron chi connectivity index (χ3n) is 11.2. The van der Waals surface area contributed by atoms with E-state index in [0.717, 1.165) is 51.4 Å². The second kappa shape index (κ2) is 46.8. The Morgan fingerprint density at radius 1 is 0.491 bits per heavy atom. The number of ether oxygens (including phenoxy) is 1. The van der Waals surface area contributed by atoms with Crippen molar-refractivity contribution in [1.29, 1.82) is 0 Å². The first kappa shape index (κ1) is 55.1. The summed E-state index contributed by atoms with van der Waals surface area (Å²) < 4.78 is 5.42. The van der Waals surface area contributed by atoms with Gasteiger partial charge in [0.15, 0.2) is 0 Å². The zero-order valence-corrected chi connectivity index (χ0v) is 37.8. The fraction of sp³-hybridized carbons (Fsp3) is 0.843. The van der Waals surface area contributed by atoms with Crippen molar-refractivity contribution in [3.63, 3.8) is 0 Å². The molecule has 0 fully saturated rings. The van der Waals surface area contributed by atoms with Gasteiger partial charge in [-0.25, -0.2) is 0 Å².